The fourth-order valence-electron chi connectivity index (χ4n) is 5.54. The van der Waals surface area contributed by atoms with Crippen molar-refractivity contribution < 1.29 is 19.3 Å². The Labute approximate surface area is 108 Å². The molecule has 0 amide bonds. The quantitative estimate of drug-likeness (QED) is 0.517. The van der Waals surface area contributed by atoms with Gasteiger partial charge in [-0.1, -0.05) is 0 Å². The molecule has 0 atom stereocenters. The van der Waals surface area contributed by atoms with Crippen molar-refractivity contribution in [3.8, 4) is 0 Å². The van der Waals surface area contributed by atoms with Crippen molar-refractivity contribution in [2.75, 3.05) is 39.4 Å². The molecule has 4 nitrogen and oxygen atoms in total. The average Bonchev–Trinajstić information content (AvgIpc) is 2.32. The van der Waals surface area contributed by atoms with Gasteiger partial charge in [0.1, 0.15) is 10.8 Å². The van der Waals surface area contributed by atoms with Crippen LogP contribution in [-0.2, 0) is 9.53 Å². The van der Waals surface area contributed by atoms with Gasteiger partial charge >= 0.3 is 0 Å². The monoisotopic (exact) mass is 252 g/mol. The number of nitrogens with one attached hydrogen (secondary N) is 2. The summed E-state index contributed by atoms with van der Waals surface area (Å²) in [6.07, 6.45) is 2.36. The first-order chi connectivity index (χ1) is 8.49. The van der Waals surface area contributed by atoms with Crippen LogP contribution >= 0.6 is 0 Å². The Balaban J connectivity index is 1.77. The zero-order chi connectivity index (χ0) is 12.6. The lowest BCUT2D eigenvalue weighted by Crippen LogP contribution is -3.49. The molecule has 5 aliphatic rings. The third kappa shape index (κ3) is 1.15. The van der Waals surface area contributed by atoms with Gasteiger partial charge in [0.25, 0.3) is 0 Å². The van der Waals surface area contributed by atoms with Crippen LogP contribution in [0.5, 0.6) is 0 Å². The predicted octanol–water partition coefficient (Wildman–Crippen LogP) is -2.11. The van der Waals surface area contributed by atoms with E-state index in [-0.39, 0.29) is 10.8 Å². The van der Waals surface area contributed by atoms with Gasteiger partial charge in [-0.3, -0.25) is 14.6 Å². The number of ether oxygens (including phenoxy) is 1. The molecule has 18 heavy (non-hydrogen) atoms. The summed E-state index contributed by atoms with van der Waals surface area (Å²) in [5, 5.41) is 0. The number of rotatable bonds is 0. The molecule has 0 unspecified atom stereocenters. The Bertz CT molecular complexity index is 372. The third-order valence-electron chi connectivity index (χ3n) is 6.21. The smallest absolute Gasteiger partial charge is 0.227 e. The van der Waals surface area contributed by atoms with Gasteiger partial charge in [0.05, 0.1) is 52.2 Å². The lowest BCUT2D eigenvalue weighted by Gasteiger charge is -2.64. The molecule has 1 spiro atoms. The summed E-state index contributed by atoms with van der Waals surface area (Å²) in [6, 6.07) is 0. The summed E-state index contributed by atoms with van der Waals surface area (Å²) in [7, 11) is 0. The number of hydrogen-bond donors (Lipinski definition) is 2. The summed E-state index contributed by atoms with van der Waals surface area (Å²) in [4.78, 5) is 16.0. The van der Waals surface area contributed by atoms with Crippen molar-refractivity contribution in [3.05, 3.63) is 0 Å². The molecule has 0 aromatic heterocycles. The van der Waals surface area contributed by atoms with Gasteiger partial charge in [0.15, 0.2) is 5.78 Å². The first-order valence-corrected chi connectivity index (χ1v) is 7.32. The Kier molecular flexibility index (Phi) is 2.00. The van der Waals surface area contributed by atoms with E-state index < -0.39 is 0 Å². The predicted molar refractivity (Wildman–Crippen MR) is 65.4 cm³/mol. The SMILES string of the molecule is CC12C[NH+]3CC(C)(C[NH+](C1)C31CCOCC1)C2=O. The number of carbonyl (C=O) groups is 1. The third-order valence-corrected chi connectivity index (χ3v) is 6.21. The minimum atomic E-state index is -0.0561. The molecule has 0 aromatic carbocycles. The zero-order valence-electron chi connectivity index (χ0n) is 11.5. The van der Waals surface area contributed by atoms with Gasteiger partial charge in [-0.25, -0.2) is 0 Å². The molecule has 4 bridgehead atoms. The molecule has 5 fully saturated rings. The number of hydrogen-bond acceptors (Lipinski definition) is 2. The van der Waals surface area contributed by atoms with E-state index in [0.717, 1.165) is 39.4 Å². The Morgan fingerprint density at radius 2 is 1.39 bits per heavy atom. The molecular formula is C14H24N2O2+2. The van der Waals surface area contributed by atoms with Gasteiger partial charge in [-0.15, -0.1) is 0 Å². The summed E-state index contributed by atoms with van der Waals surface area (Å²) in [6.45, 7) is 10.5. The second-order valence-corrected chi connectivity index (χ2v) is 7.56. The average molecular weight is 252 g/mol. The molecule has 0 saturated carbocycles. The lowest BCUT2D eigenvalue weighted by atomic mass is 9.60. The summed E-state index contributed by atoms with van der Waals surface area (Å²) in [5.74, 6) is 0.546. The Morgan fingerprint density at radius 3 is 1.83 bits per heavy atom. The van der Waals surface area contributed by atoms with Crippen LogP contribution in [0.2, 0.25) is 0 Å². The maximum absolute atomic E-state index is 12.6. The Hall–Kier alpha value is -0.450. The number of Topliss-reactive ketones (excluding diaryl/α,β-unsaturated/α-hetero) is 1. The molecule has 5 saturated heterocycles. The fourth-order valence-corrected chi connectivity index (χ4v) is 5.54. The van der Waals surface area contributed by atoms with Crippen molar-refractivity contribution in [2.24, 2.45) is 10.8 Å². The first-order valence-electron chi connectivity index (χ1n) is 7.32. The van der Waals surface area contributed by atoms with Crippen LogP contribution in [0.25, 0.3) is 0 Å². The van der Waals surface area contributed by atoms with Gasteiger partial charge in [-0.2, -0.15) is 0 Å². The van der Waals surface area contributed by atoms with Crippen molar-refractivity contribution in [2.45, 2.75) is 32.4 Å². The van der Waals surface area contributed by atoms with Crippen molar-refractivity contribution in [1.29, 1.82) is 0 Å². The van der Waals surface area contributed by atoms with Gasteiger partial charge in [0.2, 0.25) is 5.66 Å². The van der Waals surface area contributed by atoms with E-state index in [1.165, 1.54) is 12.8 Å². The molecule has 5 aliphatic heterocycles. The molecule has 0 radical (unpaired) electrons. The van der Waals surface area contributed by atoms with Crippen molar-refractivity contribution >= 4 is 5.78 Å². The topological polar surface area (TPSA) is 35.2 Å². The number of quaternary nitrogens is 2. The Morgan fingerprint density at radius 1 is 0.944 bits per heavy atom. The molecule has 0 aliphatic carbocycles. The highest BCUT2D eigenvalue weighted by atomic mass is 16.5. The molecule has 5 heterocycles. The largest absolute Gasteiger partial charge is 0.380 e. The lowest BCUT2D eigenvalue weighted by molar-refractivity contribution is -1.20. The second-order valence-electron chi connectivity index (χ2n) is 7.56. The normalized spacial score (nSPS) is 53.1. The molecule has 4 heteroatoms. The highest BCUT2D eigenvalue weighted by Crippen LogP contribution is 2.37. The highest BCUT2D eigenvalue weighted by molar-refractivity contribution is 5.91. The standard InChI is InChI=1S/C14H22N2O2/c1-12-7-15-9-13(2,11(12)17)10-16(8-12)14(15)3-5-18-6-4-14/h3-10H2,1-2H3/p+2. The van der Waals surface area contributed by atoms with Crippen molar-refractivity contribution in [3.63, 3.8) is 0 Å². The van der Waals surface area contributed by atoms with Crippen LogP contribution in [0, 0.1) is 10.8 Å². The second kappa shape index (κ2) is 3.17. The van der Waals surface area contributed by atoms with E-state index >= 15 is 0 Å². The van der Waals surface area contributed by atoms with E-state index in [2.05, 4.69) is 13.8 Å². The zero-order valence-corrected chi connectivity index (χ0v) is 11.5. The van der Waals surface area contributed by atoms with Gasteiger partial charge < -0.3 is 4.74 Å². The first kappa shape index (κ1) is 11.4. The van der Waals surface area contributed by atoms with Crippen LogP contribution in [-0.4, -0.2) is 50.8 Å². The summed E-state index contributed by atoms with van der Waals surface area (Å²) < 4.78 is 5.58. The highest BCUT2D eigenvalue weighted by Gasteiger charge is 2.73. The van der Waals surface area contributed by atoms with Crippen molar-refractivity contribution in [1.82, 2.24) is 0 Å². The molecule has 100 valence electrons. The summed E-state index contributed by atoms with van der Waals surface area (Å²) >= 11 is 0. The molecule has 2 N–H and O–H groups in total. The minimum Gasteiger partial charge on any atom is -0.380 e. The van der Waals surface area contributed by atoms with Gasteiger partial charge in [-0.05, 0) is 13.8 Å². The summed E-state index contributed by atoms with van der Waals surface area (Å²) in [5.41, 5.74) is 0.261. The molecule has 0 aromatic rings. The van der Waals surface area contributed by atoms with Crippen LogP contribution in [0.15, 0.2) is 0 Å². The number of carbonyl (C=O) groups excluding carboxylic acids is 1. The van der Waals surface area contributed by atoms with Gasteiger partial charge in [0, 0.05) is 0 Å². The molecular weight excluding hydrogens is 228 g/mol. The fraction of sp³-hybridized carbons (Fsp3) is 0.929. The number of ketones is 1. The van der Waals surface area contributed by atoms with E-state index in [1.54, 1.807) is 9.80 Å². The maximum atomic E-state index is 12.6. The minimum absolute atomic E-state index is 0.0561. The van der Waals surface area contributed by atoms with E-state index in [4.69, 9.17) is 4.74 Å². The molecule has 5 rings (SSSR count). The van der Waals surface area contributed by atoms with Crippen LogP contribution in [0.3, 0.4) is 0 Å². The van der Waals surface area contributed by atoms with Crippen LogP contribution < -0.4 is 9.80 Å². The van der Waals surface area contributed by atoms with Crippen LogP contribution in [0.1, 0.15) is 26.7 Å². The maximum Gasteiger partial charge on any atom is 0.227 e. The van der Waals surface area contributed by atoms with E-state index in [0.29, 0.717) is 11.4 Å². The van der Waals surface area contributed by atoms with E-state index in [1.807, 2.05) is 0 Å². The van der Waals surface area contributed by atoms with Crippen LogP contribution in [0.4, 0.5) is 0 Å². The number of piperidine rings is 2. The van der Waals surface area contributed by atoms with E-state index in [9.17, 15) is 4.79 Å².